The van der Waals surface area contributed by atoms with Crippen LogP contribution in [0.15, 0.2) is 29.2 Å². The summed E-state index contributed by atoms with van der Waals surface area (Å²) < 4.78 is 27.5. The summed E-state index contributed by atoms with van der Waals surface area (Å²) in [5.41, 5.74) is 6.26. The highest BCUT2D eigenvalue weighted by Gasteiger charge is 2.33. The van der Waals surface area contributed by atoms with Gasteiger partial charge in [0.25, 0.3) is 0 Å². The van der Waals surface area contributed by atoms with Gasteiger partial charge in [-0.1, -0.05) is 25.0 Å². The Labute approximate surface area is 115 Å². The lowest BCUT2D eigenvalue weighted by Crippen LogP contribution is -2.43. The minimum Gasteiger partial charge on any atom is -0.330 e. The molecular weight excluding hydrogens is 260 g/mol. The van der Waals surface area contributed by atoms with Crippen molar-refractivity contribution >= 4 is 10.0 Å². The molecule has 5 heteroatoms. The molecule has 1 aliphatic carbocycles. The molecule has 3 N–H and O–H groups in total. The summed E-state index contributed by atoms with van der Waals surface area (Å²) in [4.78, 5) is 0.335. The molecule has 1 aromatic rings. The first-order chi connectivity index (χ1) is 8.95. The monoisotopic (exact) mass is 282 g/mol. The first kappa shape index (κ1) is 14.5. The second kappa shape index (κ2) is 5.61. The molecule has 0 atom stereocenters. The molecule has 0 radical (unpaired) electrons. The van der Waals surface area contributed by atoms with Gasteiger partial charge in [0.05, 0.1) is 4.90 Å². The molecule has 106 valence electrons. The maximum absolute atomic E-state index is 12.3. The van der Waals surface area contributed by atoms with Crippen molar-refractivity contribution in [2.75, 3.05) is 6.54 Å². The second-order valence-electron chi connectivity index (χ2n) is 5.56. The van der Waals surface area contributed by atoms with Gasteiger partial charge in [-0.3, -0.25) is 0 Å². The maximum Gasteiger partial charge on any atom is 0.241 e. The molecule has 19 heavy (non-hydrogen) atoms. The minimum atomic E-state index is -3.42. The number of benzene rings is 1. The third kappa shape index (κ3) is 3.55. The van der Waals surface area contributed by atoms with E-state index in [0.29, 0.717) is 11.4 Å². The van der Waals surface area contributed by atoms with E-state index >= 15 is 0 Å². The van der Waals surface area contributed by atoms with Crippen LogP contribution < -0.4 is 10.5 Å². The summed E-state index contributed by atoms with van der Waals surface area (Å²) in [6, 6.07) is 6.98. The molecule has 0 aliphatic heterocycles. The Hall–Kier alpha value is -0.910. The fourth-order valence-electron chi connectivity index (χ4n) is 2.64. The van der Waals surface area contributed by atoms with E-state index in [1.54, 1.807) is 12.1 Å². The van der Waals surface area contributed by atoms with Crippen LogP contribution in [0.5, 0.6) is 0 Å². The Kier molecular flexibility index (Phi) is 4.28. The van der Waals surface area contributed by atoms with Gasteiger partial charge in [-0.05, 0) is 50.4 Å². The largest absolute Gasteiger partial charge is 0.330 e. The highest BCUT2D eigenvalue weighted by molar-refractivity contribution is 7.89. The van der Waals surface area contributed by atoms with Gasteiger partial charge in [-0.2, -0.15) is 0 Å². The van der Waals surface area contributed by atoms with Crippen LogP contribution in [0.2, 0.25) is 0 Å². The molecule has 0 unspecified atom stereocenters. The zero-order chi connectivity index (χ0) is 13.9. The molecule has 0 spiro atoms. The Balaban J connectivity index is 2.15. The average Bonchev–Trinajstić information content (AvgIpc) is 2.76. The van der Waals surface area contributed by atoms with E-state index in [2.05, 4.69) is 4.72 Å². The molecule has 0 amide bonds. The van der Waals surface area contributed by atoms with Crippen LogP contribution in [0.1, 0.15) is 38.2 Å². The zero-order valence-electron chi connectivity index (χ0n) is 11.4. The van der Waals surface area contributed by atoms with Crippen molar-refractivity contribution in [3.05, 3.63) is 29.8 Å². The molecule has 4 nitrogen and oxygen atoms in total. The van der Waals surface area contributed by atoms with E-state index in [1.165, 1.54) is 0 Å². The number of nitrogens with two attached hydrogens (primary N) is 1. The van der Waals surface area contributed by atoms with Crippen molar-refractivity contribution < 1.29 is 8.42 Å². The average molecular weight is 282 g/mol. The number of nitrogens with one attached hydrogen (secondary N) is 1. The Morgan fingerprint density at radius 2 is 1.79 bits per heavy atom. The van der Waals surface area contributed by atoms with E-state index in [-0.39, 0.29) is 5.54 Å². The Morgan fingerprint density at radius 3 is 2.32 bits per heavy atom. The number of rotatable bonds is 5. The van der Waals surface area contributed by atoms with Crippen LogP contribution in [0, 0.1) is 0 Å². The fourth-order valence-corrected chi connectivity index (χ4v) is 4.11. The van der Waals surface area contributed by atoms with Crippen molar-refractivity contribution in [2.45, 2.75) is 49.5 Å². The summed E-state index contributed by atoms with van der Waals surface area (Å²) >= 11 is 0. The van der Waals surface area contributed by atoms with Crippen molar-refractivity contribution in [3.63, 3.8) is 0 Å². The summed E-state index contributed by atoms with van der Waals surface area (Å²) in [6.07, 6.45) is 4.78. The molecule has 0 bridgehead atoms. The van der Waals surface area contributed by atoms with Crippen LogP contribution in [-0.4, -0.2) is 20.5 Å². The summed E-state index contributed by atoms with van der Waals surface area (Å²) in [7, 11) is -3.42. The highest BCUT2D eigenvalue weighted by Crippen LogP contribution is 2.30. The number of sulfonamides is 1. The van der Waals surface area contributed by atoms with Gasteiger partial charge in [-0.15, -0.1) is 0 Å². The smallest absolute Gasteiger partial charge is 0.241 e. The van der Waals surface area contributed by atoms with Gasteiger partial charge in [-0.25, -0.2) is 13.1 Å². The van der Waals surface area contributed by atoms with Gasteiger partial charge < -0.3 is 5.73 Å². The van der Waals surface area contributed by atoms with Crippen LogP contribution in [-0.2, 0) is 16.4 Å². The SMILES string of the molecule is CC1(NS(=O)(=O)c2ccc(CCN)cc2)CCCC1. The molecule has 1 fully saturated rings. The molecular formula is C14H22N2O2S. The Morgan fingerprint density at radius 1 is 1.21 bits per heavy atom. The predicted molar refractivity (Wildman–Crippen MR) is 76.4 cm³/mol. The van der Waals surface area contributed by atoms with E-state index in [0.717, 1.165) is 37.7 Å². The maximum atomic E-state index is 12.3. The third-order valence-electron chi connectivity index (χ3n) is 3.75. The quantitative estimate of drug-likeness (QED) is 0.865. The normalized spacial score (nSPS) is 18.6. The van der Waals surface area contributed by atoms with E-state index in [9.17, 15) is 8.42 Å². The Bertz CT molecular complexity index is 517. The van der Waals surface area contributed by atoms with Gasteiger partial charge >= 0.3 is 0 Å². The second-order valence-corrected chi connectivity index (χ2v) is 7.24. The van der Waals surface area contributed by atoms with Crippen molar-refractivity contribution in [2.24, 2.45) is 5.73 Å². The lowest BCUT2D eigenvalue weighted by Gasteiger charge is -2.24. The van der Waals surface area contributed by atoms with Crippen LogP contribution in [0.4, 0.5) is 0 Å². The molecule has 0 heterocycles. The number of hydrogen-bond acceptors (Lipinski definition) is 3. The van der Waals surface area contributed by atoms with Gasteiger partial charge in [0.2, 0.25) is 10.0 Å². The lowest BCUT2D eigenvalue weighted by atomic mass is 10.0. The van der Waals surface area contributed by atoms with Crippen LogP contribution >= 0.6 is 0 Å². The van der Waals surface area contributed by atoms with Gasteiger partial charge in [0.1, 0.15) is 0 Å². The molecule has 2 rings (SSSR count). The first-order valence-electron chi connectivity index (χ1n) is 6.78. The van der Waals surface area contributed by atoms with Gasteiger partial charge in [0.15, 0.2) is 0 Å². The van der Waals surface area contributed by atoms with Crippen molar-refractivity contribution in [1.82, 2.24) is 4.72 Å². The molecule has 1 aromatic carbocycles. The van der Waals surface area contributed by atoms with Gasteiger partial charge in [0, 0.05) is 5.54 Å². The third-order valence-corrected chi connectivity index (χ3v) is 5.41. The van der Waals surface area contributed by atoms with Crippen LogP contribution in [0.25, 0.3) is 0 Å². The standard InChI is InChI=1S/C14H22N2O2S/c1-14(9-2-3-10-14)16-19(17,18)13-6-4-12(5-7-13)8-11-15/h4-7,16H,2-3,8-11,15H2,1H3. The minimum absolute atomic E-state index is 0.283. The predicted octanol–water partition coefficient (Wildman–Crippen LogP) is 1.80. The van der Waals surface area contributed by atoms with Crippen molar-refractivity contribution in [3.8, 4) is 0 Å². The summed E-state index contributed by atoms with van der Waals surface area (Å²) in [6.45, 7) is 2.56. The van der Waals surface area contributed by atoms with Crippen LogP contribution in [0.3, 0.4) is 0 Å². The number of hydrogen-bond donors (Lipinski definition) is 2. The molecule has 1 aliphatic rings. The van der Waals surface area contributed by atoms with E-state index < -0.39 is 10.0 Å². The molecule has 0 saturated heterocycles. The summed E-state index contributed by atoms with van der Waals surface area (Å²) in [5, 5.41) is 0. The van der Waals surface area contributed by atoms with E-state index in [1.807, 2.05) is 19.1 Å². The topological polar surface area (TPSA) is 72.2 Å². The highest BCUT2D eigenvalue weighted by atomic mass is 32.2. The fraction of sp³-hybridized carbons (Fsp3) is 0.571. The van der Waals surface area contributed by atoms with E-state index in [4.69, 9.17) is 5.73 Å². The zero-order valence-corrected chi connectivity index (χ0v) is 12.2. The molecule has 1 saturated carbocycles. The summed E-state index contributed by atoms with van der Waals surface area (Å²) in [5.74, 6) is 0. The van der Waals surface area contributed by atoms with Crippen molar-refractivity contribution in [1.29, 1.82) is 0 Å². The lowest BCUT2D eigenvalue weighted by molar-refractivity contribution is 0.427. The molecule has 0 aromatic heterocycles. The first-order valence-corrected chi connectivity index (χ1v) is 8.27.